The molecule has 1 aromatic carbocycles. The molecule has 2 nitrogen and oxygen atoms in total. The SMILES string of the molecule is FC(F)C(F)(F)CNCc1ccc2c(c1)CCN2. The molecule has 1 aliphatic rings. The minimum Gasteiger partial charge on any atom is -0.384 e. The predicted octanol–water partition coefficient (Wildman–Crippen LogP) is 2.64. The van der Waals surface area contributed by atoms with Crippen LogP contribution in [0.4, 0.5) is 23.2 Å². The summed E-state index contributed by atoms with van der Waals surface area (Å²) in [6, 6.07) is 5.58. The summed E-state index contributed by atoms with van der Waals surface area (Å²) in [4.78, 5) is 0. The van der Waals surface area contributed by atoms with Crippen molar-refractivity contribution in [2.75, 3.05) is 18.4 Å². The van der Waals surface area contributed by atoms with Crippen molar-refractivity contribution < 1.29 is 17.6 Å². The van der Waals surface area contributed by atoms with E-state index in [-0.39, 0.29) is 6.54 Å². The van der Waals surface area contributed by atoms with E-state index in [1.54, 1.807) is 6.07 Å². The molecule has 100 valence electrons. The molecular formula is C12H14F4N2. The number of fused-ring (bicyclic) bond motifs is 1. The van der Waals surface area contributed by atoms with Crippen molar-refractivity contribution in [3.05, 3.63) is 29.3 Å². The van der Waals surface area contributed by atoms with Gasteiger partial charge in [0.1, 0.15) is 0 Å². The first-order chi connectivity index (χ1) is 8.49. The Morgan fingerprint density at radius 1 is 1.33 bits per heavy atom. The minimum absolute atomic E-state index is 0.162. The fourth-order valence-corrected chi connectivity index (χ4v) is 1.92. The van der Waals surface area contributed by atoms with Crippen LogP contribution >= 0.6 is 0 Å². The quantitative estimate of drug-likeness (QED) is 0.797. The largest absolute Gasteiger partial charge is 0.384 e. The van der Waals surface area contributed by atoms with Crippen molar-refractivity contribution in [2.45, 2.75) is 25.3 Å². The second kappa shape index (κ2) is 5.14. The molecule has 0 aromatic heterocycles. The van der Waals surface area contributed by atoms with Crippen LogP contribution in [0.15, 0.2) is 18.2 Å². The van der Waals surface area contributed by atoms with Crippen LogP contribution in [0.1, 0.15) is 11.1 Å². The van der Waals surface area contributed by atoms with E-state index in [4.69, 9.17) is 0 Å². The molecule has 0 bridgehead atoms. The number of alkyl halides is 4. The molecule has 2 rings (SSSR count). The zero-order valence-corrected chi connectivity index (χ0v) is 9.65. The summed E-state index contributed by atoms with van der Waals surface area (Å²) in [5.41, 5.74) is 3.01. The molecule has 0 saturated heterocycles. The van der Waals surface area contributed by atoms with Crippen molar-refractivity contribution in [3.63, 3.8) is 0 Å². The Morgan fingerprint density at radius 3 is 2.83 bits per heavy atom. The van der Waals surface area contributed by atoms with Crippen LogP contribution in [0, 0.1) is 0 Å². The van der Waals surface area contributed by atoms with Crippen LogP contribution < -0.4 is 10.6 Å². The summed E-state index contributed by atoms with van der Waals surface area (Å²) in [5, 5.41) is 5.55. The van der Waals surface area contributed by atoms with Gasteiger partial charge in [-0.2, -0.15) is 8.78 Å². The van der Waals surface area contributed by atoms with Crippen molar-refractivity contribution in [3.8, 4) is 0 Å². The fourth-order valence-electron chi connectivity index (χ4n) is 1.92. The van der Waals surface area contributed by atoms with Crippen LogP contribution in [-0.2, 0) is 13.0 Å². The highest BCUT2D eigenvalue weighted by molar-refractivity contribution is 5.56. The second-order valence-electron chi connectivity index (χ2n) is 4.33. The average molecular weight is 262 g/mol. The molecule has 1 aromatic rings. The maximum Gasteiger partial charge on any atom is 0.319 e. The lowest BCUT2D eigenvalue weighted by atomic mass is 10.1. The minimum atomic E-state index is -3.97. The van der Waals surface area contributed by atoms with Gasteiger partial charge in [0, 0.05) is 18.8 Å². The maximum absolute atomic E-state index is 12.6. The van der Waals surface area contributed by atoms with Gasteiger partial charge in [-0.1, -0.05) is 12.1 Å². The molecule has 0 unspecified atom stereocenters. The molecule has 2 N–H and O–H groups in total. The van der Waals surface area contributed by atoms with Crippen molar-refractivity contribution in [1.29, 1.82) is 0 Å². The maximum atomic E-state index is 12.6. The molecule has 1 heterocycles. The lowest BCUT2D eigenvalue weighted by molar-refractivity contribution is -0.125. The number of benzene rings is 1. The first-order valence-electron chi connectivity index (χ1n) is 5.71. The lowest BCUT2D eigenvalue weighted by Crippen LogP contribution is -2.38. The van der Waals surface area contributed by atoms with Gasteiger partial charge >= 0.3 is 12.3 Å². The summed E-state index contributed by atoms with van der Waals surface area (Å²) in [6.07, 6.45) is -2.73. The second-order valence-corrected chi connectivity index (χ2v) is 4.33. The first-order valence-corrected chi connectivity index (χ1v) is 5.71. The van der Waals surface area contributed by atoms with Crippen molar-refractivity contribution in [1.82, 2.24) is 5.32 Å². The third-order valence-electron chi connectivity index (χ3n) is 2.89. The molecular weight excluding hydrogens is 248 g/mol. The number of rotatable bonds is 5. The monoisotopic (exact) mass is 262 g/mol. The Labute approximate surface area is 102 Å². The zero-order valence-electron chi connectivity index (χ0n) is 9.65. The standard InChI is InChI=1S/C12H14F4N2/c13-11(14)12(15,16)7-17-6-8-1-2-10-9(5-8)3-4-18-10/h1-2,5,11,17-18H,3-4,6-7H2. The number of halogens is 4. The first kappa shape index (κ1) is 13.1. The van der Waals surface area contributed by atoms with Gasteiger partial charge < -0.3 is 10.6 Å². The molecule has 0 spiro atoms. The van der Waals surface area contributed by atoms with E-state index in [0.717, 1.165) is 29.8 Å². The molecule has 0 fully saturated rings. The van der Waals surface area contributed by atoms with Crippen LogP contribution in [0.25, 0.3) is 0 Å². The van der Waals surface area contributed by atoms with Crippen LogP contribution in [0.2, 0.25) is 0 Å². The fraction of sp³-hybridized carbons (Fsp3) is 0.500. The highest BCUT2D eigenvalue weighted by atomic mass is 19.3. The van der Waals surface area contributed by atoms with E-state index in [9.17, 15) is 17.6 Å². The Morgan fingerprint density at radius 2 is 2.11 bits per heavy atom. The molecule has 0 atom stereocenters. The van der Waals surface area contributed by atoms with E-state index in [2.05, 4.69) is 10.6 Å². The van der Waals surface area contributed by atoms with Crippen molar-refractivity contribution in [2.24, 2.45) is 0 Å². The van der Waals surface area contributed by atoms with E-state index < -0.39 is 18.9 Å². The summed E-state index contributed by atoms with van der Waals surface area (Å²) in [7, 11) is 0. The molecule has 18 heavy (non-hydrogen) atoms. The molecule has 6 heteroatoms. The van der Waals surface area contributed by atoms with E-state index in [1.807, 2.05) is 12.1 Å². The van der Waals surface area contributed by atoms with Gasteiger partial charge in [0.25, 0.3) is 0 Å². The van der Waals surface area contributed by atoms with Gasteiger partial charge in [-0.3, -0.25) is 0 Å². The highest BCUT2D eigenvalue weighted by Crippen LogP contribution is 2.24. The molecule has 0 radical (unpaired) electrons. The molecule has 1 aliphatic heterocycles. The third kappa shape index (κ3) is 2.93. The lowest BCUT2D eigenvalue weighted by Gasteiger charge is -2.16. The van der Waals surface area contributed by atoms with Gasteiger partial charge in [-0.05, 0) is 23.6 Å². The summed E-state index contributed by atoms with van der Waals surface area (Å²) < 4.78 is 49.1. The summed E-state index contributed by atoms with van der Waals surface area (Å²) >= 11 is 0. The zero-order chi connectivity index (χ0) is 13.2. The van der Waals surface area contributed by atoms with E-state index in [0.29, 0.717) is 0 Å². The Bertz CT molecular complexity index is 421. The van der Waals surface area contributed by atoms with Gasteiger partial charge in [0.15, 0.2) is 0 Å². The van der Waals surface area contributed by atoms with Crippen LogP contribution in [0.5, 0.6) is 0 Å². The van der Waals surface area contributed by atoms with E-state index >= 15 is 0 Å². The topological polar surface area (TPSA) is 24.1 Å². The number of hydrogen-bond acceptors (Lipinski definition) is 2. The van der Waals surface area contributed by atoms with Gasteiger partial charge in [-0.15, -0.1) is 0 Å². The number of anilines is 1. The smallest absolute Gasteiger partial charge is 0.319 e. The number of hydrogen-bond donors (Lipinski definition) is 2. The van der Waals surface area contributed by atoms with Crippen molar-refractivity contribution >= 4 is 5.69 Å². The van der Waals surface area contributed by atoms with E-state index in [1.165, 1.54) is 0 Å². The number of nitrogens with one attached hydrogen (secondary N) is 2. The third-order valence-corrected chi connectivity index (χ3v) is 2.89. The Hall–Kier alpha value is -1.30. The normalized spacial score (nSPS) is 14.7. The molecule has 0 amide bonds. The summed E-state index contributed by atoms with van der Waals surface area (Å²) in [6.45, 7) is 0.0191. The van der Waals surface area contributed by atoms with Gasteiger partial charge in [0.2, 0.25) is 0 Å². The van der Waals surface area contributed by atoms with Crippen LogP contribution in [-0.4, -0.2) is 25.4 Å². The average Bonchev–Trinajstić information content (AvgIpc) is 2.75. The van der Waals surface area contributed by atoms with Gasteiger partial charge in [0.05, 0.1) is 6.54 Å². The van der Waals surface area contributed by atoms with Gasteiger partial charge in [-0.25, -0.2) is 8.78 Å². The Balaban J connectivity index is 1.87. The molecule has 0 saturated carbocycles. The highest BCUT2D eigenvalue weighted by Gasteiger charge is 2.39. The van der Waals surface area contributed by atoms with Crippen LogP contribution in [0.3, 0.4) is 0 Å². The summed E-state index contributed by atoms with van der Waals surface area (Å²) in [5.74, 6) is -3.97. The predicted molar refractivity (Wildman–Crippen MR) is 61.3 cm³/mol. The molecule has 0 aliphatic carbocycles. The Kier molecular flexibility index (Phi) is 3.75.